The Morgan fingerprint density at radius 3 is 2.43 bits per heavy atom. The largest absolute Gasteiger partial charge is 0.460 e. The van der Waals surface area contributed by atoms with Crippen molar-refractivity contribution in [1.29, 1.82) is 0 Å². The molecule has 0 saturated carbocycles. The minimum atomic E-state index is -4.67. The number of carbonyl (C=O) groups excluding carboxylic acids is 1. The van der Waals surface area contributed by atoms with Crippen molar-refractivity contribution in [3.8, 4) is 17.1 Å². The van der Waals surface area contributed by atoms with Crippen LogP contribution >= 0.6 is 0 Å². The van der Waals surface area contributed by atoms with E-state index in [1.165, 1.54) is 18.6 Å². The normalized spacial score (nSPS) is 12.6. The van der Waals surface area contributed by atoms with Crippen LogP contribution in [-0.4, -0.2) is 32.7 Å². The number of halogens is 4. The van der Waals surface area contributed by atoms with E-state index in [1.54, 1.807) is 13.8 Å². The molecule has 0 atom stereocenters. The second-order valence-corrected chi connectivity index (χ2v) is 6.56. The molecule has 0 saturated heterocycles. The maximum absolute atomic E-state index is 13.7. The predicted octanol–water partition coefficient (Wildman–Crippen LogP) is 4.47. The molecule has 2 aromatic rings. The summed E-state index contributed by atoms with van der Waals surface area (Å²) in [6.45, 7) is 5.51. The number of aromatic nitrogens is 3. The zero-order valence-corrected chi connectivity index (χ0v) is 15.6. The van der Waals surface area contributed by atoms with Crippen LogP contribution in [0.2, 0.25) is 0 Å². The van der Waals surface area contributed by atoms with E-state index in [0.717, 1.165) is 30.7 Å². The Kier molecular flexibility index (Phi) is 6.10. The van der Waals surface area contributed by atoms with Gasteiger partial charge in [0, 0.05) is 31.7 Å². The smallest absolute Gasteiger partial charge is 0.416 e. The number of rotatable bonds is 6. The van der Waals surface area contributed by atoms with Gasteiger partial charge < -0.3 is 9.47 Å². The maximum Gasteiger partial charge on any atom is 0.416 e. The third kappa shape index (κ3) is 6.36. The van der Waals surface area contributed by atoms with Crippen molar-refractivity contribution in [2.75, 3.05) is 0 Å². The van der Waals surface area contributed by atoms with Gasteiger partial charge in [0.05, 0.1) is 11.7 Å². The minimum Gasteiger partial charge on any atom is -0.460 e. The lowest BCUT2D eigenvalue weighted by Gasteiger charge is -2.19. The van der Waals surface area contributed by atoms with Crippen LogP contribution < -0.4 is 4.74 Å². The van der Waals surface area contributed by atoms with Crippen molar-refractivity contribution in [3.63, 3.8) is 0 Å². The Balaban J connectivity index is 2.34. The first-order valence-corrected chi connectivity index (χ1v) is 8.24. The third-order valence-corrected chi connectivity index (χ3v) is 3.08. The van der Waals surface area contributed by atoms with Gasteiger partial charge in [-0.2, -0.15) is 17.6 Å². The zero-order chi connectivity index (χ0) is 21.1. The monoisotopic (exact) mass is 401 g/mol. The molecular weight excluding hydrogens is 382 g/mol. The summed E-state index contributed by atoms with van der Waals surface area (Å²) in [6.07, 6.45) is -1.42. The zero-order valence-electron chi connectivity index (χ0n) is 15.6. The van der Waals surface area contributed by atoms with Gasteiger partial charge in [-0.1, -0.05) is 0 Å². The summed E-state index contributed by atoms with van der Waals surface area (Å²) in [5.41, 5.74) is -1.05. The van der Waals surface area contributed by atoms with Gasteiger partial charge >= 0.3 is 12.1 Å². The number of benzene rings is 1. The molecule has 1 aromatic heterocycles. The quantitative estimate of drug-likeness (QED) is 0.406. The van der Waals surface area contributed by atoms with Crippen LogP contribution in [0.1, 0.15) is 33.3 Å². The SMILES string of the molecule is CC(C)OC(=O)C=Cn1cnc(-c2cc(OC(C)(C)F)cc(C(F)(F)F)c2)n1. The minimum absolute atomic E-state index is 0.0222. The standard InChI is InChI=1S/C18H19F4N3O3/c1-11(2)27-15(26)5-6-25-10-23-16(24-25)12-7-13(18(20,21)22)9-14(8-12)28-17(3,4)19/h5-11H,1-4H3. The fourth-order valence-electron chi connectivity index (χ4n) is 2.12. The predicted molar refractivity (Wildman–Crippen MR) is 92.8 cm³/mol. The van der Waals surface area contributed by atoms with E-state index < -0.39 is 23.6 Å². The first-order chi connectivity index (χ1) is 12.8. The highest BCUT2D eigenvalue weighted by Gasteiger charge is 2.32. The number of ether oxygens (including phenoxy) is 2. The molecule has 0 amide bonds. The molecular formula is C18H19F4N3O3. The Morgan fingerprint density at radius 1 is 1.18 bits per heavy atom. The van der Waals surface area contributed by atoms with Gasteiger partial charge in [0.2, 0.25) is 5.85 Å². The number of nitrogens with zero attached hydrogens (tertiary/aromatic N) is 3. The van der Waals surface area contributed by atoms with Gasteiger partial charge in [0.25, 0.3) is 0 Å². The van der Waals surface area contributed by atoms with E-state index in [-0.39, 0.29) is 23.2 Å². The first-order valence-electron chi connectivity index (χ1n) is 8.24. The fraction of sp³-hybridized carbons (Fsp3) is 0.389. The molecule has 2 rings (SSSR count). The molecule has 152 valence electrons. The summed E-state index contributed by atoms with van der Waals surface area (Å²) < 4.78 is 64.2. The van der Waals surface area contributed by atoms with Crippen molar-refractivity contribution in [1.82, 2.24) is 14.8 Å². The molecule has 0 N–H and O–H groups in total. The van der Waals surface area contributed by atoms with E-state index in [9.17, 15) is 22.4 Å². The van der Waals surface area contributed by atoms with Crippen molar-refractivity contribution >= 4 is 12.2 Å². The van der Waals surface area contributed by atoms with Crippen molar-refractivity contribution < 1.29 is 31.8 Å². The number of esters is 1. The maximum atomic E-state index is 13.7. The highest BCUT2D eigenvalue weighted by molar-refractivity contribution is 5.85. The number of carbonyl (C=O) groups is 1. The lowest BCUT2D eigenvalue weighted by molar-refractivity contribution is -0.141. The average Bonchev–Trinajstić information content (AvgIpc) is 2.98. The molecule has 1 heterocycles. The van der Waals surface area contributed by atoms with Gasteiger partial charge in [0.1, 0.15) is 12.1 Å². The van der Waals surface area contributed by atoms with Gasteiger partial charge in [-0.3, -0.25) is 0 Å². The van der Waals surface area contributed by atoms with Crippen LogP contribution in [0.3, 0.4) is 0 Å². The first kappa shape index (κ1) is 21.4. The molecule has 0 bridgehead atoms. The van der Waals surface area contributed by atoms with Gasteiger partial charge in [-0.25, -0.2) is 14.5 Å². The Bertz CT molecular complexity index is 868. The molecule has 0 aliphatic rings. The van der Waals surface area contributed by atoms with Crippen LogP contribution in [0.25, 0.3) is 17.6 Å². The lowest BCUT2D eigenvalue weighted by Crippen LogP contribution is -2.21. The number of hydrogen-bond donors (Lipinski definition) is 0. The molecule has 0 radical (unpaired) electrons. The highest BCUT2D eigenvalue weighted by Crippen LogP contribution is 2.36. The van der Waals surface area contributed by atoms with Crippen LogP contribution in [0.15, 0.2) is 30.6 Å². The molecule has 0 unspecified atom stereocenters. The molecule has 0 aliphatic carbocycles. The van der Waals surface area contributed by atoms with E-state index in [1.807, 2.05) is 0 Å². The van der Waals surface area contributed by atoms with Crippen molar-refractivity contribution in [2.45, 2.75) is 45.8 Å². The molecule has 0 spiro atoms. The number of hydrogen-bond acceptors (Lipinski definition) is 5. The fourth-order valence-corrected chi connectivity index (χ4v) is 2.12. The Labute approximate surface area is 158 Å². The van der Waals surface area contributed by atoms with Crippen LogP contribution in [-0.2, 0) is 15.7 Å². The number of alkyl halides is 4. The van der Waals surface area contributed by atoms with E-state index in [4.69, 9.17) is 9.47 Å². The van der Waals surface area contributed by atoms with Gasteiger partial charge in [0.15, 0.2) is 5.82 Å². The van der Waals surface area contributed by atoms with E-state index >= 15 is 0 Å². The molecule has 0 fully saturated rings. The van der Waals surface area contributed by atoms with Crippen LogP contribution in [0.5, 0.6) is 5.75 Å². The molecule has 6 nitrogen and oxygen atoms in total. The van der Waals surface area contributed by atoms with Crippen molar-refractivity contribution in [2.24, 2.45) is 0 Å². The Hall–Kier alpha value is -2.91. The van der Waals surface area contributed by atoms with Crippen molar-refractivity contribution in [3.05, 3.63) is 36.2 Å². The van der Waals surface area contributed by atoms with Crippen LogP contribution in [0.4, 0.5) is 17.6 Å². The second kappa shape index (κ2) is 7.99. The third-order valence-electron chi connectivity index (χ3n) is 3.08. The summed E-state index contributed by atoms with van der Waals surface area (Å²) in [5.74, 6) is -3.15. The summed E-state index contributed by atoms with van der Waals surface area (Å²) in [4.78, 5) is 15.4. The molecule has 10 heteroatoms. The average molecular weight is 401 g/mol. The van der Waals surface area contributed by atoms with Crippen LogP contribution in [0, 0.1) is 0 Å². The van der Waals surface area contributed by atoms with E-state index in [2.05, 4.69) is 10.1 Å². The van der Waals surface area contributed by atoms with E-state index in [0.29, 0.717) is 6.07 Å². The summed E-state index contributed by atoms with van der Waals surface area (Å²) in [5, 5.41) is 3.99. The lowest BCUT2D eigenvalue weighted by atomic mass is 10.1. The van der Waals surface area contributed by atoms with Gasteiger partial charge in [-0.05, 0) is 32.0 Å². The van der Waals surface area contributed by atoms with Gasteiger partial charge in [-0.15, -0.1) is 5.10 Å². The molecule has 28 heavy (non-hydrogen) atoms. The topological polar surface area (TPSA) is 66.2 Å². The summed E-state index contributed by atoms with van der Waals surface area (Å²) in [6, 6.07) is 2.73. The molecule has 0 aliphatic heterocycles. The molecule has 1 aromatic carbocycles. The summed E-state index contributed by atoms with van der Waals surface area (Å²) in [7, 11) is 0. The second-order valence-electron chi connectivity index (χ2n) is 6.56. The Morgan fingerprint density at radius 2 is 1.86 bits per heavy atom. The highest BCUT2D eigenvalue weighted by atomic mass is 19.4. The summed E-state index contributed by atoms with van der Waals surface area (Å²) >= 11 is 0.